The fourth-order valence-electron chi connectivity index (χ4n) is 2.31. The van der Waals surface area contributed by atoms with Gasteiger partial charge in [-0.15, -0.1) is 0 Å². The first-order valence-electron chi connectivity index (χ1n) is 7.99. The van der Waals surface area contributed by atoms with Gasteiger partial charge in [0.2, 0.25) is 0 Å². The molecule has 0 aliphatic carbocycles. The monoisotopic (exact) mass is 404 g/mol. The molecule has 2 unspecified atom stereocenters. The van der Waals surface area contributed by atoms with Gasteiger partial charge >= 0.3 is 0 Å². The highest BCUT2D eigenvalue weighted by Gasteiger charge is 2.25. The van der Waals surface area contributed by atoms with Crippen molar-refractivity contribution in [3.05, 3.63) is 74.3 Å². The van der Waals surface area contributed by atoms with Crippen LogP contribution in [0.5, 0.6) is 5.75 Å². The maximum Gasteiger partial charge on any atom is 0.269 e. The van der Waals surface area contributed by atoms with Gasteiger partial charge in [0.1, 0.15) is 11.9 Å². The van der Waals surface area contributed by atoms with Crippen molar-refractivity contribution in [2.45, 2.75) is 12.1 Å². The van der Waals surface area contributed by atoms with Crippen LogP contribution >= 0.6 is 0 Å². The maximum absolute atomic E-state index is 12.0. The number of aliphatic hydroxyl groups excluding tert-OH is 1. The lowest BCUT2D eigenvalue weighted by Crippen LogP contribution is -2.52. The minimum atomic E-state index is -1.90. The fraction of sp³-hybridized carbons (Fsp3) is 0.176. The summed E-state index contributed by atoms with van der Waals surface area (Å²) < 4.78 is 5.10. The molecule has 2 aromatic carbocycles. The predicted molar refractivity (Wildman–Crippen MR) is 93.6 cm³/mol. The van der Waals surface area contributed by atoms with Gasteiger partial charge in [0.25, 0.3) is 17.3 Å². The molecule has 0 spiro atoms. The molecule has 0 saturated heterocycles. The fourth-order valence-corrected chi connectivity index (χ4v) is 2.31. The van der Waals surface area contributed by atoms with E-state index in [0.717, 1.165) is 24.3 Å². The smallest absolute Gasteiger partial charge is 0.269 e. The number of ether oxygens (including phenoxy) is 1. The molecule has 152 valence electrons. The van der Waals surface area contributed by atoms with Crippen molar-refractivity contribution in [1.29, 1.82) is 0 Å². The van der Waals surface area contributed by atoms with E-state index in [-0.39, 0.29) is 22.7 Å². The summed E-state index contributed by atoms with van der Waals surface area (Å²) in [6, 6.07) is 7.55. The molecule has 2 rings (SSSR count). The number of carbonyl (C=O) groups is 2. The zero-order valence-corrected chi connectivity index (χ0v) is 14.6. The third kappa shape index (κ3) is 5.71. The average Bonchev–Trinajstić information content (AvgIpc) is 2.70. The van der Waals surface area contributed by atoms with Crippen molar-refractivity contribution in [3.8, 4) is 5.75 Å². The Morgan fingerprint density at radius 3 is 2.21 bits per heavy atom. The maximum atomic E-state index is 12.0. The number of rotatable bonds is 9. The average molecular weight is 404 g/mol. The van der Waals surface area contributed by atoms with Crippen molar-refractivity contribution >= 4 is 23.3 Å². The summed E-state index contributed by atoms with van der Waals surface area (Å²) in [5, 5.41) is 44.9. The first-order valence-corrected chi connectivity index (χ1v) is 7.99. The number of carboxylic acids is 1. The van der Waals surface area contributed by atoms with E-state index < -0.39 is 40.5 Å². The Kier molecular flexibility index (Phi) is 6.76. The van der Waals surface area contributed by atoms with Gasteiger partial charge in [-0.05, 0) is 17.7 Å². The van der Waals surface area contributed by atoms with Crippen LogP contribution in [0, 0.1) is 20.2 Å². The molecule has 0 aromatic heterocycles. The minimum absolute atomic E-state index is 0.106. The second kappa shape index (κ2) is 9.23. The molecular weight excluding hydrogens is 390 g/mol. The second-order valence-electron chi connectivity index (χ2n) is 5.70. The van der Waals surface area contributed by atoms with Crippen LogP contribution in [0.1, 0.15) is 11.7 Å². The number of nitrogens with one attached hydrogen (secondary N) is 1. The van der Waals surface area contributed by atoms with E-state index >= 15 is 0 Å². The molecule has 0 heterocycles. The van der Waals surface area contributed by atoms with Gasteiger partial charge in [0, 0.05) is 24.3 Å². The van der Waals surface area contributed by atoms with Crippen LogP contribution in [0.3, 0.4) is 0 Å². The summed E-state index contributed by atoms with van der Waals surface area (Å²) in [5.74, 6) is -2.62. The Morgan fingerprint density at radius 2 is 1.66 bits per heavy atom. The van der Waals surface area contributed by atoms with Crippen molar-refractivity contribution in [3.63, 3.8) is 0 Å². The highest BCUT2D eigenvalue weighted by Crippen LogP contribution is 2.22. The summed E-state index contributed by atoms with van der Waals surface area (Å²) in [5.41, 5.74) is -0.657. The van der Waals surface area contributed by atoms with Crippen LogP contribution in [0.15, 0.2) is 48.5 Å². The summed E-state index contributed by atoms with van der Waals surface area (Å²) in [6.45, 7) is -0.650. The largest absolute Gasteiger partial charge is 0.548 e. The normalized spacial score (nSPS) is 12.4. The topological polar surface area (TPSA) is 185 Å². The van der Waals surface area contributed by atoms with E-state index in [1.807, 2.05) is 5.32 Å². The van der Waals surface area contributed by atoms with Gasteiger partial charge in [-0.2, -0.15) is 0 Å². The van der Waals surface area contributed by atoms with Crippen LogP contribution in [-0.4, -0.2) is 39.5 Å². The Labute approximate surface area is 162 Å². The molecule has 2 N–H and O–H groups in total. The quantitative estimate of drug-likeness (QED) is 0.423. The molecule has 0 fully saturated rings. The van der Waals surface area contributed by atoms with Crippen LogP contribution in [-0.2, 0) is 9.59 Å². The Hall–Kier alpha value is -4.06. The van der Waals surface area contributed by atoms with Crippen molar-refractivity contribution in [2.75, 3.05) is 6.61 Å². The lowest BCUT2D eigenvalue weighted by molar-refractivity contribution is -0.385. The number of hydrogen-bond acceptors (Lipinski definition) is 9. The molecule has 1 amide bonds. The van der Waals surface area contributed by atoms with E-state index in [1.54, 1.807) is 0 Å². The van der Waals surface area contributed by atoms with Gasteiger partial charge in [-0.3, -0.25) is 25.0 Å². The lowest BCUT2D eigenvalue weighted by atomic mass is 10.0. The predicted octanol–water partition coefficient (Wildman–Crippen LogP) is -0.150. The molecule has 12 nitrogen and oxygen atoms in total. The number of nitrogens with zero attached hydrogens (tertiary/aromatic N) is 2. The number of benzene rings is 2. The Balaban J connectivity index is 2.03. The number of amides is 1. The van der Waals surface area contributed by atoms with Crippen molar-refractivity contribution < 1.29 is 34.4 Å². The molecule has 0 bridgehead atoms. The first-order chi connectivity index (χ1) is 13.7. The number of carbonyl (C=O) groups excluding carboxylic acids is 2. The number of aliphatic hydroxyl groups is 1. The number of carboxylic acid groups (broad SMARTS) is 1. The number of non-ortho nitro benzene ring substituents is 2. The van der Waals surface area contributed by atoms with E-state index in [4.69, 9.17) is 4.74 Å². The number of nitro groups is 2. The summed E-state index contributed by atoms with van der Waals surface area (Å²) in [6.07, 6.45) is -1.82. The molecule has 0 radical (unpaired) electrons. The summed E-state index contributed by atoms with van der Waals surface area (Å²) in [7, 11) is 0. The van der Waals surface area contributed by atoms with Gasteiger partial charge in [0.05, 0.1) is 21.9 Å². The molecule has 0 saturated carbocycles. The standard InChI is InChI=1S/C17H15N3O9/c21-14(9-29-13-6-4-11(5-7-13)19(25)26)18-15(17(23)24)16(22)10-2-1-3-12(8-10)20(27)28/h1-8,15-16,22H,9H2,(H,18,21)(H,23,24)/p-1. The highest BCUT2D eigenvalue weighted by molar-refractivity contribution is 5.84. The summed E-state index contributed by atoms with van der Waals surface area (Å²) in [4.78, 5) is 43.3. The SMILES string of the molecule is O=C(COc1ccc([N+](=O)[O-])cc1)NC(C(=O)[O-])C(O)c1cccc([N+](=O)[O-])c1. The van der Waals surface area contributed by atoms with Crippen LogP contribution in [0.2, 0.25) is 0 Å². The zero-order chi connectivity index (χ0) is 21.6. The highest BCUT2D eigenvalue weighted by atomic mass is 16.6. The van der Waals surface area contributed by atoms with Crippen LogP contribution in [0.4, 0.5) is 11.4 Å². The molecule has 12 heteroatoms. The molecule has 0 aliphatic rings. The molecular formula is C17H14N3O9-. The molecule has 0 aliphatic heterocycles. The third-order valence-corrected chi connectivity index (χ3v) is 3.73. The summed E-state index contributed by atoms with van der Waals surface area (Å²) >= 11 is 0. The number of nitro benzene ring substituents is 2. The van der Waals surface area contributed by atoms with Crippen molar-refractivity contribution in [2.24, 2.45) is 0 Å². The zero-order valence-electron chi connectivity index (χ0n) is 14.6. The van der Waals surface area contributed by atoms with Gasteiger partial charge < -0.3 is 25.1 Å². The molecule has 2 aromatic rings. The molecule has 29 heavy (non-hydrogen) atoms. The van der Waals surface area contributed by atoms with E-state index in [0.29, 0.717) is 0 Å². The Morgan fingerprint density at radius 1 is 1.03 bits per heavy atom. The van der Waals surface area contributed by atoms with E-state index in [9.17, 15) is 40.0 Å². The minimum Gasteiger partial charge on any atom is -0.548 e. The number of aliphatic carboxylic acids is 1. The third-order valence-electron chi connectivity index (χ3n) is 3.73. The second-order valence-corrected chi connectivity index (χ2v) is 5.70. The van der Waals surface area contributed by atoms with Gasteiger partial charge in [-0.1, -0.05) is 12.1 Å². The van der Waals surface area contributed by atoms with Gasteiger partial charge in [0.15, 0.2) is 6.61 Å². The van der Waals surface area contributed by atoms with Crippen LogP contribution in [0.25, 0.3) is 0 Å². The van der Waals surface area contributed by atoms with E-state index in [1.165, 1.54) is 24.3 Å². The van der Waals surface area contributed by atoms with Crippen LogP contribution < -0.4 is 15.2 Å². The first kappa shape index (κ1) is 21.2. The lowest BCUT2D eigenvalue weighted by Gasteiger charge is -2.25. The molecule has 2 atom stereocenters. The van der Waals surface area contributed by atoms with Gasteiger partial charge in [-0.25, -0.2) is 0 Å². The number of hydrogen-bond donors (Lipinski definition) is 2. The van der Waals surface area contributed by atoms with Crippen molar-refractivity contribution in [1.82, 2.24) is 5.32 Å². The Bertz CT molecular complexity index is 930. The van der Waals surface area contributed by atoms with E-state index in [2.05, 4.69) is 0 Å².